The van der Waals surface area contributed by atoms with Crippen molar-refractivity contribution in [1.82, 2.24) is 4.98 Å². The quantitative estimate of drug-likeness (QED) is 0.727. The summed E-state index contributed by atoms with van der Waals surface area (Å²) in [5, 5.41) is 3.30. The van der Waals surface area contributed by atoms with Crippen LogP contribution in [0.25, 0.3) is 0 Å². The molecule has 13 heavy (non-hydrogen) atoms. The summed E-state index contributed by atoms with van der Waals surface area (Å²) in [5.74, 6) is 0. The molecule has 2 rings (SSSR count). The summed E-state index contributed by atoms with van der Waals surface area (Å²) >= 11 is 1.73. The fourth-order valence-corrected chi connectivity index (χ4v) is 2.71. The van der Waals surface area contributed by atoms with E-state index in [0.717, 1.165) is 30.9 Å². The van der Waals surface area contributed by atoms with Crippen molar-refractivity contribution in [2.75, 3.05) is 6.61 Å². The first kappa shape index (κ1) is 9.16. The molecular formula is C10H15NOS. The van der Waals surface area contributed by atoms with Crippen molar-refractivity contribution in [3.63, 3.8) is 0 Å². The van der Waals surface area contributed by atoms with Crippen LogP contribution in [0.5, 0.6) is 0 Å². The maximum absolute atomic E-state index is 5.73. The Morgan fingerprint density at radius 2 is 2.54 bits per heavy atom. The van der Waals surface area contributed by atoms with Gasteiger partial charge >= 0.3 is 0 Å². The van der Waals surface area contributed by atoms with Gasteiger partial charge in [-0.2, -0.15) is 0 Å². The van der Waals surface area contributed by atoms with Crippen LogP contribution >= 0.6 is 11.3 Å². The van der Waals surface area contributed by atoms with E-state index in [4.69, 9.17) is 4.74 Å². The minimum Gasteiger partial charge on any atom is -0.368 e. The van der Waals surface area contributed by atoms with Crippen LogP contribution in [0.3, 0.4) is 0 Å². The number of hydrogen-bond acceptors (Lipinski definition) is 3. The fourth-order valence-electron chi connectivity index (χ4n) is 1.66. The lowest BCUT2D eigenvalue weighted by molar-refractivity contribution is 0.0165. The summed E-state index contributed by atoms with van der Waals surface area (Å²) in [5.41, 5.74) is 1.11. The first-order valence-corrected chi connectivity index (χ1v) is 5.71. The van der Waals surface area contributed by atoms with Crippen LogP contribution in [0.15, 0.2) is 5.38 Å². The number of rotatable bonds is 2. The van der Waals surface area contributed by atoms with E-state index in [2.05, 4.69) is 24.2 Å². The third-order valence-corrected chi connectivity index (χ3v) is 3.72. The van der Waals surface area contributed by atoms with Crippen molar-refractivity contribution < 1.29 is 4.74 Å². The third kappa shape index (κ3) is 1.63. The first-order chi connectivity index (χ1) is 6.24. The average Bonchev–Trinajstić information content (AvgIpc) is 2.72. The number of aromatic nitrogens is 1. The third-order valence-electron chi connectivity index (χ3n) is 2.59. The molecule has 3 heteroatoms. The minimum absolute atomic E-state index is 0.0852. The van der Waals surface area contributed by atoms with E-state index < -0.39 is 0 Å². The molecule has 0 bridgehead atoms. The van der Waals surface area contributed by atoms with Crippen LogP contribution in [-0.4, -0.2) is 11.6 Å². The largest absolute Gasteiger partial charge is 0.368 e. The van der Waals surface area contributed by atoms with E-state index in [1.165, 1.54) is 5.69 Å². The molecule has 0 amide bonds. The van der Waals surface area contributed by atoms with Gasteiger partial charge in [0.15, 0.2) is 0 Å². The van der Waals surface area contributed by atoms with Gasteiger partial charge in [0.1, 0.15) is 10.6 Å². The molecule has 1 aromatic heterocycles. The topological polar surface area (TPSA) is 22.1 Å². The summed E-state index contributed by atoms with van der Waals surface area (Å²) in [4.78, 5) is 4.58. The molecule has 1 aromatic rings. The standard InChI is InChI=1S/C10H15NOS/c1-3-8-7-13-9(11-8)10(2)5-4-6-12-10/h7H,3-6H2,1-2H3. The van der Waals surface area contributed by atoms with Crippen molar-refractivity contribution in [2.45, 2.75) is 38.7 Å². The van der Waals surface area contributed by atoms with E-state index in [1.807, 2.05) is 0 Å². The summed E-state index contributed by atoms with van der Waals surface area (Å²) < 4.78 is 5.73. The van der Waals surface area contributed by atoms with Crippen molar-refractivity contribution >= 4 is 11.3 Å². The van der Waals surface area contributed by atoms with Gasteiger partial charge in [0.2, 0.25) is 0 Å². The minimum atomic E-state index is -0.0852. The molecule has 2 heterocycles. The molecular weight excluding hydrogens is 182 g/mol. The van der Waals surface area contributed by atoms with E-state index in [9.17, 15) is 0 Å². The zero-order valence-corrected chi connectivity index (χ0v) is 8.99. The lowest BCUT2D eigenvalue weighted by atomic mass is 10.0. The molecule has 72 valence electrons. The number of nitrogens with zero attached hydrogens (tertiary/aromatic N) is 1. The number of ether oxygens (including phenoxy) is 1. The van der Waals surface area contributed by atoms with Gasteiger partial charge in [-0.1, -0.05) is 6.92 Å². The van der Waals surface area contributed by atoms with Gasteiger partial charge < -0.3 is 4.74 Å². The van der Waals surface area contributed by atoms with Gasteiger partial charge in [-0.15, -0.1) is 11.3 Å². The van der Waals surface area contributed by atoms with Crippen LogP contribution in [0.4, 0.5) is 0 Å². The maximum atomic E-state index is 5.73. The Morgan fingerprint density at radius 1 is 1.69 bits per heavy atom. The van der Waals surface area contributed by atoms with Crippen LogP contribution in [0, 0.1) is 0 Å². The lowest BCUT2D eigenvalue weighted by Crippen LogP contribution is -2.19. The molecule has 1 aliphatic rings. The van der Waals surface area contributed by atoms with Gasteiger partial charge in [-0.25, -0.2) is 4.98 Å². The van der Waals surface area contributed by atoms with Crippen molar-refractivity contribution in [1.29, 1.82) is 0 Å². The van der Waals surface area contributed by atoms with Crippen molar-refractivity contribution in [3.8, 4) is 0 Å². The Bertz CT molecular complexity index is 289. The Balaban J connectivity index is 2.23. The van der Waals surface area contributed by atoms with Crippen LogP contribution in [-0.2, 0) is 16.8 Å². The SMILES string of the molecule is CCc1csc(C2(C)CCCO2)n1. The highest BCUT2D eigenvalue weighted by Gasteiger charge is 2.34. The predicted molar refractivity (Wildman–Crippen MR) is 54.0 cm³/mol. The summed E-state index contributed by atoms with van der Waals surface area (Å²) in [6.45, 7) is 5.17. The van der Waals surface area contributed by atoms with Gasteiger partial charge in [0.25, 0.3) is 0 Å². The molecule has 1 fully saturated rings. The number of hydrogen-bond donors (Lipinski definition) is 0. The Hall–Kier alpha value is -0.410. The van der Waals surface area contributed by atoms with Crippen LogP contribution < -0.4 is 0 Å². The highest BCUT2D eigenvalue weighted by Crippen LogP contribution is 2.37. The maximum Gasteiger partial charge on any atom is 0.125 e. The molecule has 1 unspecified atom stereocenters. The van der Waals surface area contributed by atoms with Gasteiger partial charge in [0.05, 0.1) is 5.69 Å². The van der Waals surface area contributed by atoms with Crippen LogP contribution in [0.1, 0.15) is 37.4 Å². The smallest absolute Gasteiger partial charge is 0.125 e. The van der Waals surface area contributed by atoms with Gasteiger partial charge in [-0.05, 0) is 26.2 Å². The molecule has 1 aliphatic heterocycles. The molecule has 0 spiro atoms. The Morgan fingerprint density at radius 3 is 3.08 bits per heavy atom. The zero-order valence-electron chi connectivity index (χ0n) is 8.17. The second-order valence-electron chi connectivity index (χ2n) is 3.68. The van der Waals surface area contributed by atoms with E-state index >= 15 is 0 Å². The number of thiazole rings is 1. The van der Waals surface area contributed by atoms with Gasteiger partial charge in [-0.3, -0.25) is 0 Å². The van der Waals surface area contributed by atoms with Gasteiger partial charge in [0, 0.05) is 12.0 Å². The second-order valence-corrected chi connectivity index (χ2v) is 4.54. The van der Waals surface area contributed by atoms with E-state index in [1.54, 1.807) is 11.3 Å². The Kier molecular flexibility index (Phi) is 2.39. The van der Waals surface area contributed by atoms with E-state index in [0.29, 0.717) is 0 Å². The first-order valence-electron chi connectivity index (χ1n) is 4.83. The highest BCUT2D eigenvalue weighted by atomic mass is 32.1. The highest BCUT2D eigenvalue weighted by molar-refractivity contribution is 7.09. The number of aryl methyl sites for hydroxylation is 1. The van der Waals surface area contributed by atoms with E-state index in [-0.39, 0.29) is 5.60 Å². The molecule has 0 radical (unpaired) electrons. The zero-order chi connectivity index (χ0) is 9.31. The molecule has 1 saturated heterocycles. The van der Waals surface area contributed by atoms with Crippen molar-refractivity contribution in [3.05, 3.63) is 16.1 Å². The molecule has 0 aliphatic carbocycles. The molecule has 2 nitrogen and oxygen atoms in total. The monoisotopic (exact) mass is 197 g/mol. The predicted octanol–water partition coefficient (Wildman–Crippen LogP) is 2.73. The average molecular weight is 197 g/mol. The second kappa shape index (κ2) is 3.39. The molecule has 0 aromatic carbocycles. The fraction of sp³-hybridized carbons (Fsp3) is 0.700. The lowest BCUT2D eigenvalue weighted by Gasteiger charge is -2.19. The summed E-state index contributed by atoms with van der Waals surface area (Å²) in [6, 6.07) is 0. The normalized spacial score (nSPS) is 28.2. The Labute approximate surface area is 83.0 Å². The molecule has 0 saturated carbocycles. The van der Waals surface area contributed by atoms with Crippen molar-refractivity contribution in [2.24, 2.45) is 0 Å². The summed E-state index contributed by atoms with van der Waals surface area (Å²) in [7, 11) is 0. The molecule has 0 N–H and O–H groups in total. The summed E-state index contributed by atoms with van der Waals surface area (Å²) in [6.07, 6.45) is 3.30. The molecule has 1 atom stereocenters. The van der Waals surface area contributed by atoms with Crippen LogP contribution in [0.2, 0.25) is 0 Å².